The Hall–Kier alpha value is -3.59. The molecule has 4 aromatic rings. The van der Waals surface area contributed by atoms with Gasteiger partial charge in [-0.1, -0.05) is 11.6 Å². The Kier molecular flexibility index (Phi) is 5.51. The molecule has 0 radical (unpaired) electrons. The molecule has 160 valence electrons. The number of hydrogen-bond acceptors (Lipinski definition) is 6. The lowest BCUT2D eigenvalue weighted by Crippen LogP contribution is -2.40. The topological polar surface area (TPSA) is 101 Å². The van der Waals surface area contributed by atoms with E-state index in [0.717, 1.165) is 4.57 Å². The molecule has 3 heterocycles. The molecule has 0 aliphatic rings. The molecule has 0 amide bonds. The van der Waals surface area contributed by atoms with Crippen LogP contribution in [0.2, 0.25) is 5.02 Å². The maximum atomic E-state index is 13.4. The summed E-state index contributed by atoms with van der Waals surface area (Å²) in [4.78, 5) is 43.3. The van der Waals surface area contributed by atoms with Crippen LogP contribution in [0.5, 0.6) is 0 Å². The summed E-state index contributed by atoms with van der Waals surface area (Å²) in [6.07, 6.45) is 2.82. The summed E-state index contributed by atoms with van der Waals surface area (Å²) in [5, 5.41) is 0.499. The van der Waals surface area contributed by atoms with Crippen LogP contribution < -0.4 is 11.2 Å². The van der Waals surface area contributed by atoms with Crippen molar-refractivity contribution in [2.45, 2.75) is 26.4 Å². The first kappa shape index (κ1) is 20.7. The van der Waals surface area contributed by atoms with Crippen molar-refractivity contribution >= 4 is 28.7 Å². The second-order valence-electron chi connectivity index (χ2n) is 6.82. The third-order valence-corrected chi connectivity index (χ3v) is 5.13. The van der Waals surface area contributed by atoms with Crippen LogP contribution in [0.3, 0.4) is 0 Å². The van der Waals surface area contributed by atoms with E-state index in [1.807, 2.05) is 0 Å². The first-order valence-corrected chi connectivity index (χ1v) is 9.97. The molecular formula is C21H19ClN4O5. The Labute approximate surface area is 181 Å². The Morgan fingerprint density at radius 2 is 1.97 bits per heavy atom. The van der Waals surface area contributed by atoms with E-state index < -0.39 is 23.3 Å². The number of esters is 1. The van der Waals surface area contributed by atoms with Crippen molar-refractivity contribution in [1.82, 2.24) is 18.7 Å². The number of hydrogen-bond donors (Lipinski definition) is 0. The zero-order valence-corrected chi connectivity index (χ0v) is 17.6. The number of rotatable bonds is 6. The van der Waals surface area contributed by atoms with Crippen LogP contribution in [0.15, 0.2) is 63.0 Å². The fraction of sp³-hybridized carbons (Fsp3) is 0.238. The van der Waals surface area contributed by atoms with Crippen LogP contribution in [0.1, 0.15) is 25.6 Å². The molecule has 10 heteroatoms. The van der Waals surface area contributed by atoms with Gasteiger partial charge in [0.15, 0.2) is 11.2 Å². The number of halogens is 1. The minimum absolute atomic E-state index is 0.0762. The first-order chi connectivity index (χ1) is 14.9. The molecule has 31 heavy (non-hydrogen) atoms. The Morgan fingerprint density at radius 3 is 2.61 bits per heavy atom. The number of ether oxygens (including phenoxy) is 1. The van der Waals surface area contributed by atoms with E-state index in [1.165, 1.54) is 21.7 Å². The fourth-order valence-corrected chi connectivity index (χ4v) is 3.46. The van der Waals surface area contributed by atoms with E-state index in [9.17, 15) is 14.4 Å². The van der Waals surface area contributed by atoms with Crippen molar-refractivity contribution in [3.05, 3.63) is 80.6 Å². The van der Waals surface area contributed by atoms with Crippen molar-refractivity contribution in [1.29, 1.82) is 0 Å². The van der Waals surface area contributed by atoms with Gasteiger partial charge < -0.3 is 13.7 Å². The lowest BCUT2D eigenvalue weighted by molar-refractivity contribution is -0.146. The smallest absolute Gasteiger partial charge is 0.337 e. The van der Waals surface area contributed by atoms with E-state index in [4.69, 9.17) is 20.8 Å². The summed E-state index contributed by atoms with van der Waals surface area (Å²) in [7, 11) is 0. The van der Waals surface area contributed by atoms with Gasteiger partial charge >= 0.3 is 11.7 Å². The summed E-state index contributed by atoms with van der Waals surface area (Å²) < 4.78 is 14.2. The highest BCUT2D eigenvalue weighted by molar-refractivity contribution is 6.30. The van der Waals surface area contributed by atoms with Gasteiger partial charge in [0.25, 0.3) is 5.56 Å². The average Bonchev–Trinajstić information content (AvgIpc) is 3.42. The number of aromatic nitrogens is 4. The molecule has 1 aromatic carbocycles. The molecule has 0 fully saturated rings. The molecule has 0 aliphatic carbocycles. The normalized spacial score (nSPS) is 12.2. The molecule has 1 atom stereocenters. The van der Waals surface area contributed by atoms with Crippen LogP contribution in [-0.2, 0) is 16.1 Å². The molecule has 0 saturated heterocycles. The van der Waals surface area contributed by atoms with Gasteiger partial charge in [-0.3, -0.25) is 9.36 Å². The quantitative estimate of drug-likeness (QED) is 0.425. The molecule has 3 aromatic heterocycles. The highest BCUT2D eigenvalue weighted by Gasteiger charge is 2.25. The van der Waals surface area contributed by atoms with Gasteiger partial charge in [-0.25, -0.2) is 19.1 Å². The summed E-state index contributed by atoms with van der Waals surface area (Å²) in [5.41, 5.74) is -0.479. The highest BCUT2D eigenvalue weighted by atomic mass is 35.5. The number of nitrogens with zero attached hydrogens (tertiary/aromatic N) is 4. The van der Waals surface area contributed by atoms with Crippen LogP contribution in [0, 0.1) is 0 Å². The predicted octanol–water partition coefficient (Wildman–Crippen LogP) is 2.77. The Bertz CT molecular complexity index is 1350. The van der Waals surface area contributed by atoms with E-state index in [1.54, 1.807) is 50.2 Å². The van der Waals surface area contributed by atoms with E-state index in [0.29, 0.717) is 16.5 Å². The number of carbonyl (C=O) groups excluding carboxylic acids is 1. The molecule has 0 saturated carbocycles. The lowest BCUT2D eigenvalue weighted by atomic mass is 10.3. The van der Waals surface area contributed by atoms with E-state index >= 15 is 0 Å². The monoisotopic (exact) mass is 442 g/mol. The predicted molar refractivity (Wildman–Crippen MR) is 114 cm³/mol. The van der Waals surface area contributed by atoms with Crippen LogP contribution >= 0.6 is 11.6 Å². The maximum Gasteiger partial charge on any atom is 0.337 e. The minimum atomic E-state index is -0.814. The number of fused-ring (bicyclic) bond motifs is 1. The summed E-state index contributed by atoms with van der Waals surface area (Å²) >= 11 is 5.99. The van der Waals surface area contributed by atoms with Crippen LogP contribution in [0.4, 0.5) is 0 Å². The Balaban J connectivity index is 2.01. The largest absolute Gasteiger partial charge is 0.467 e. The third-order valence-electron chi connectivity index (χ3n) is 4.88. The van der Waals surface area contributed by atoms with E-state index in [2.05, 4.69) is 4.98 Å². The molecular weight excluding hydrogens is 424 g/mol. The van der Waals surface area contributed by atoms with Gasteiger partial charge in [0.2, 0.25) is 0 Å². The first-order valence-electron chi connectivity index (χ1n) is 9.59. The van der Waals surface area contributed by atoms with Gasteiger partial charge in [0.1, 0.15) is 11.8 Å². The lowest BCUT2D eigenvalue weighted by Gasteiger charge is -2.15. The third kappa shape index (κ3) is 3.68. The number of carbonyl (C=O) groups is 1. The molecule has 0 unspecified atom stereocenters. The van der Waals surface area contributed by atoms with Crippen molar-refractivity contribution in [2.24, 2.45) is 0 Å². The SMILES string of the molecule is CCOC(=O)[C@H](C)n1cnc2c1c(=O)n(Cc1ccco1)c(=O)n2-c1ccc(Cl)cc1. The van der Waals surface area contributed by atoms with Gasteiger partial charge in [0, 0.05) is 5.02 Å². The van der Waals surface area contributed by atoms with Crippen LogP contribution in [0.25, 0.3) is 16.9 Å². The van der Waals surface area contributed by atoms with Gasteiger partial charge in [0.05, 0.1) is 31.4 Å². The van der Waals surface area contributed by atoms with Crippen molar-refractivity contribution < 1.29 is 13.9 Å². The van der Waals surface area contributed by atoms with Gasteiger partial charge in [-0.05, 0) is 50.2 Å². The van der Waals surface area contributed by atoms with Gasteiger partial charge in [-0.2, -0.15) is 0 Å². The Morgan fingerprint density at radius 1 is 1.23 bits per heavy atom. The van der Waals surface area contributed by atoms with Crippen molar-refractivity contribution in [3.8, 4) is 5.69 Å². The zero-order valence-electron chi connectivity index (χ0n) is 16.8. The molecule has 4 rings (SSSR count). The molecule has 9 nitrogen and oxygen atoms in total. The number of imidazole rings is 1. The van der Waals surface area contributed by atoms with Crippen molar-refractivity contribution in [3.63, 3.8) is 0 Å². The zero-order chi connectivity index (χ0) is 22.1. The summed E-state index contributed by atoms with van der Waals surface area (Å²) in [6, 6.07) is 9.10. The van der Waals surface area contributed by atoms with Gasteiger partial charge in [-0.15, -0.1) is 0 Å². The second kappa shape index (κ2) is 8.27. The highest BCUT2D eigenvalue weighted by Crippen LogP contribution is 2.19. The summed E-state index contributed by atoms with van der Waals surface area (Å²) in [5.74, 6) is -0.0752. The maximum absolute atomic E-state index is 13.4. The van der Waals surface area contributed by atoms with Crippen molar-refractivity contribution in [2.75, 3.05) is 6.61 Å². The van der Waals surface area contributed by atoms with E-state index in [-0.39, 0.29) is 24.3 Å². The fourth-order valence-electron chi connectivity index (χ4n) is 3.34. The number of furan rings is 1. The molecule has 0 bridgehead atoms. The van der Waals surface area contributed by atoms with Crippen LogP contribution in [-0.4, -0.2) is 31.3 Å². The second-order valence-corrected chi connectivity index (χ2v) is 7.25. The molecule has 0 spiro atoms. The molecule has 0 aliphatic heterocycles. The molecule has 0 N–H and O–H groups in total. The average molecular weight is 443 g/mol. The minimum Gasteiger partial charge on any atom is -0.467 e. The summed E-state index contributed by atoms with van der Waals surface area (Å²) in [6.45, 7) is 3.43. The standard InChI is InChI=1S/C21H19ClN4O5/c1-3-30-20(28)13(2)25-12-23-18-17(25)19(27)24(11-16-5-4-10-31-16)21(29)26(18)15-8-6-14(22)7-9-15/h4-10,12-13H,3,11H2,1-2H3/t13-/m0/s1. The number of benzene rings is 1.